The molecule has 1 unspecified atom stereocenters. The molecule has 1 aromatic heterocycles. The van der Waals surface area contributed by atoms with Gasteiger partial charge in [-0.3, -0.25) is 24.3 Å². The summed E-state index contributed by atoms with van der Waals surface area (Å²) in [6.07, 6.45) is 1.56. The number of nitrogens with one attached hydrogen (secondary N) is 1. The molecule has 0 spiro atoms. The number of hydrogen-bond donors (Lipinski definition) is 2. The van der Waals surface area contributed by atoms with Crippen molar-refractivity contribution in [3.63, 3.8) is 0 Å². The van der Waals surface area contributed by atoms with Crippen LogP contribution in [0.15, 0.2) is 66.4 Å². The van der Waals surface area contributed by atoms with Crippen molar-refractivity contribution in [2.45, 2.75) is 26.8 Å². The summed E-state index contributed by atoms with van der Waals surface area (Å²) >= 11 is 0. The average molecular weight is 472 g/mol. The average Bonchev–Trinajstić information content (AvgIpc) is 3.10. The Morgan fingerprint density at radius 3 is 2.49 bits per heavy atom. The van der Waals surface area contributed by atoms with Crippen molar-refractivity contribution in [2.24, 2.45) is 0 Å². The van der Waals surface area contributed by atoms with E-state index in [0.717, 1.165) is 5.56 Å². The lowest BCUT2D eigenvalue weighted by molar-refractivity contribution is -0.132. The van der Waals surface area contributed by atoms with Gasteiger partial charge in [-0.1, -0.05) is 12.1 Å². The third-order valence-corrected chi connectivity index (χ3v) is 5.85. The number of Topliss-reactive ketones (excluding diaryl/α,β-unsaturated/α-hetero) is 1. The van der Waals surface area contributed by atoms with E-state index in [-0.39, 0.29) is 17.2 Å². The second-order valence-corrected chi connectivity index (χ2v) is 8.29. The molecule has 1 aliphatic heterocycles. The minimum absolute atomic E-state index is 0.0636. The Bertz CT molecular complexity index is 1360. The number of nitrogens with zero attached hydrogens (tertiary/aromatic N) is 2. The highest BCUT2D eigenvalue weighted by molar-refractivity contribution is 6.51. The smallest absolute Gasteiger partial charge is 0.300 e. The van der Waals surface area contributed by atoms with Gasteiger partial charge in [0, 0.05) is 30.1 Å². The number of ether oxygens (including phenoxy) is 1. The normalized spacial score (nSPS) is 16.9. The van der Waals surface area contributed by atoms with Crippen LogP contribution in [0, 0.1) is 13.8 Å². The summed E-state index contributed by atoms with van der Waals surface area (Å²) in [5, 5.41) is 14.1. The summed E-state index contributed by atoms with van der Waals surface area (Å²) < 4.78 is 5.36. The Hall–Kier alpha value is -4.46. The molecular weight excluding hydrogens is 446 g/mol. The number of carbonyl (C=O) groups is 3. The van der Waals surface area contributed by atoms with Crippen molar-refractivity contribution >= 4 is 34.7 Å². The Morgan fingerprint density at radius 2 is 1.83 bits per heavy atom. The lowest BCUT2D eigenvalue weighted by Crippen LogP contribution is -2.30. The maximum atomic E-state index is 13.3. The maximum absolute atomic E-state index is 13.3. The van der Waals surface area contributed by atoms with Crippen LogP contribution < -0.4 is 15.0 Å². The highest BCUT2D eigenvalue weighted by Gasteiger charge is 2.47. The minimum atomic E-state index is -0.967. The number of benzene rings is 2. The second kappa shape index (κ2) is 9.42. The zero-order chi connectivity index (χ0) is 25.3. The summed E-state index contributed by atoms with van der Waals surface area (Å²) in [5.74, 6) is -1.53. The van der Waals surface area contributed by atoms with Crippen LogP contribution >= 0.6 is 0 Å². The summed E-state index contributed by atoms with van der Waals surface area (Å²) in [6, 6.07) is 14.3. The van der Waals surface area contributed by atoms with Crippen LogP contribution in [0.1, 0.15) is 35.3 Å². The van der Waals surface area contributed by atoms with Crippen LogP contribution in [0.25, 0.3) is 5.76 Å². The zero-order valence-corrected chi connectivity index (χ0v) is 19.8. The summed E-state index contributed by atoms with van der Waals surface area (Å²) in [7, 11) is 1.56. The lowest BCUT2D eigenvalue weighted by Gasteiger charge is -2.25. The molecule has 0 bridgehead atoms. The Labute approximate surface area is 202 Å². The number of aliphatic hydroxyl groups is 1. The first-order valence-electron chi connectivity index (χ1n) is 11.0. The molecule has 8 heteroatoms. The fraction of sp³-hybridized carbons (Fsp3) is 0.185. The predicted molar refractivity (Wildman–Crippen MR) is 132 cm³/mol. The first kappa shape index (κ1) is 23.7. The van der Waals surface area contributed by atoms with Crippen LogP contribution in [0.4, 0.5) is 11.4 Å². The first-order chi connectivity index (χ1) is 16.7. The van der Waals surface area contributed by atoms with Crippen molar-refractivity contribution in [3.8, 4) is 5.75 Å². The van der Waals surface area contributed by atoms with Gasteiger partial charge < -0.3 is 15.2 Å². The number of methoxy groups -OCH3 is 1. The molecule has 1 saturated heterocycles. The molecule has 35 heavy (non-hydrogen) atoms. The van der Waals surface area contributed by atoms with Gasteiger partial charge in [0.05, 0.1) is 18.4 Å². The van der Waals surface area contributed by atoms with Gasteiger partial charge in [0.2, 0.25) is 5.91 Å². The van der Waals surface area contributed by atoms with Crippen LogP contribution in [0.2, 0.25) is 0 Å². The minimum Gasteiger partial charge on any atom is -0.507 e. The van der Waals surface area contributed by atoms with Gasteiger partial charge in [-0.15, -0.1) is 0 Å². The molecule has 1 atom stereocenters. The quantitative estimate of drug-likeness (QED) is 0.326. The van der Waals surface area contributed by atoms with Crippen molar-refractivity contribution in [3.05, 3.63) is 88.8 Å². The second-order valence-electron chi connectivity index (χ2n) is 8.29. The van der Waals surface area contributed by atoms with E-state index in [2.05, 4.69) is 10.3 Å². The van der Waals surface area contributed by atoms with E-state index in [4.69, 9.17) is 4.74 Å². The first-order valence-corrected chi connectivity index (χ1v) is 11.0. The molecule has 2 heterocycles. The van der Waals surface area contributed by atoms with E-state index in [1.807, 2.05) is 6.92 Å². The number of carbonyl (C=O) groups excluding carboxylic acids is 3. The van der Waals surface area contributed by atoms with Gasteiger partial charge in [-0.25, -0.2) is 0 Å². The number of pyridine rings is 1. The molecule has 0 aliphatic carbocycles. The molecule has 0 saturated carbocycles. The Morgan fingerprint density at radius 1 is 1.06 bits per heavy atom. The van der Waals surface area contributed by atoms with Gasteiger partial charge in [0.15, 0.2) is 0 Å². The number of aromatic nitrogens is 1. The topological polar surface area (TPSA) is 109 Å². The van der Waals surface area contributed by atoms with E-state index in [9.17, 15) is 19.5 Å². The van der Waals surface area contributed by atoms with Crippen LogP contribution in [0.5, 0.6) is 5.75 Å². The summed E-state index contributed by atoms with van der Waals surface area (Å²) in [6.45, 7) is 5.00. The molecule has 178 valence electrons. The molecular formula is C27H25N3O5. The molecule has 4 rings (SSSR count). The fourth-order valence-electron chi connectivity index (χ4n) is 4.26. The number of hydrogen-bond acceptors (Lipinski definition) is 6. The van der Waals surface area contributed by atoms with Gasteiger partial charge >= 0.3 is 0 Å². The van der Waals surface area contributed by atoms with Crippen LogP contribution in [-0.4, -0.2) is 34.8 Å². The van der Waals surface area contributed by atoms with Crippen LogP contribution in [0.3, 0.4) is 0 Å². The number of aryl methyl sites for hydroxylation is 2. The number of ketones is 1. The van der Waals surface area contributed by atoms with Crippen molar-refractivity contribution in [2.75, 3.05) is 17.3 Å². The van der Waals surface area contributed by atoms with E-state index >= 15 is 0 Å². The Balaban J connectivity index is 1.93. The number of anilines is 2. The lowest BCUT2D eigenvalue weighted by atomic mass is 9.95. The van der Waals surface area contributed by atoms with E-state index in [1.54, 1.807) is 74.8 Å². The SMILES string of the molecule is COc1cc(C)c(/C(O)=C2\C(=O)C(=O)N(c3cccc(NC(C)=O)c3)C2c2ccccn2)cc1C. The van der Waals surface area contributed by atoms with Gasteiger partial charge in [0.1, 0.15) is 17.6 Å². The molecule has 1 fully saturated rings. The third kappa shape index (κ3) is 4.38. The Kier molecular flexibility index (Phi) is 6.38. The maximum Gasteiger partial charge on any atom is 0.300 e. The molecule has 8 nitrogen and oxygen atoms in total. The van der Waals surface area contributed by atoms with Crippen molar-refractivity contribution in [1.29, 1.82) is 0 Å². The monoisotopic (exact) mass is 471 g/mol. The standard InChI is InChI=1S/C27H25N3O5/c1-15-13-22(35-4)16(2)12-20(15)25(32)23-24(21-10-5-6-11-28-21)30(27(34)26(23)33)19-9-7-8-18(14-19)29-17(3)31/h5-14,24,32H,1-4H3,(H,29,31)/b25-23+. The predicted octanol–water partition coefficient (Wildman–Crippen LogP) is 4.29. The molecule has 0 radical (unpaired) electrons. The molecule has 2 amide bonds. The fourth-order valence-corrected chi connectivity index (χ4v) is 4.26. The van der Waals surface area contributed by atoms with Crippen molar-refractivity contribution in [1.82, 2.24) is 4.98 Å². The summed E-state index contributed by atoms with van der Waals surface area (Å²) in [4.78, 5) is 43.9. The van der Waals surface area contributed by atoms with Gasteiger partial charge in [-0.2, -0.15) is 0 Å². The number of rotatable bonds is 5. The molecule has 1 aliphatic rings. The highest BCUT2D eigenvalue weighted by atomic mass is 16.5. The van der Waals surface area contributed by atoms with E-state index < -0.39 is 17.7 Å². The molecule has 2 N–H and O–H groups in total. The third-order valence-electron chi connectivity index (χ3n) is 5.85. The molecule has 3 aromatic rings. The molecule has 2 aromatic carbocycles. The van der Waals surface area contributed by atoms with Crippen molar-refractivity contribution < 1.29 is 24.2 Å². The van der Waals surface area contributed by atoms with E-state index in [0.29, 0.717) is 33.9 Å². The van der Waals surface area contributed by atoms with Gasteiger partial charge in [-0.05, 0) is 67.4 Å². The summed E-state index contributed by atoms with van der Waals surface area (Å²) in [5.41, 5.74) is 3.09. The number of amides is 2. The largest absolute Gasteiger partial charge is 0.507 e. The van der Waals surface area contributed by atoms with E-state index in [1.165, 1.54) is 11.8 Å². The number of aliphatic hydroxyl groups excluding tert-OH is 1. The van der Waals surface area contributed by atoms with Gasteiger partial charge in [0.25, 0.3) is 11.7 Å². The zero-order valence-electron chi connectivity index (χ0n) is 19.8. The van der Waals surface area contributed by atoms with Crippen LogP contribution in [-0.2, 0) is 14.4 Å². The highest BCUT2D eigenvalue weighted by Crippen LogP contribution is 2.42.